The van der Waals surface area contributed by atoms with Crippen LogP contribution in [-0.4, -0.2) is 11.8 Å². The minimum atomic E-state index is -0.979. The van der Waals surface area contributed by atoms with Crippen molar-refractivity contribution in [3.05, 3.63) is 29.3 Å². The number of hydrogen-bond donors (Lipinski definition) is 2. The molecule has 0 spiro atoms. The quantitative estimate of drug-likeness (QED) is 0.644. The van der Waals surface area contributed by atoms with Crippen LogP contribution in [-0.2, 0) is 9.59 Å². The number of anilines is 1. The fraction of sp³-hybridized carbons (Fsp3) is 0.200. The molecule has 3 N–H and O–H groups in total. The summed E-state index contributed by atoms with van der Waals surface area (Å²) in [4.78, 5) is 21.6. The Labute approximate surface area is 82.1 Å². The zero-order valence-electron chi connectivity index (χ0n) is 8.13. The Morgan fingerprint density at radius 1 is 1.21 bits per heavy atom. The maximum atomic E-state index is 11.0. The first-order valence-electron chi connectivity index (χ1n) is 4.19. The molecule has 0 aliphatic heterocycles. The summed E-state index contributed by atoms with van der Waals surface area (Å²) in [6, 6.07) is 5.58. The molecule has 0 aliphatic carbocycles. The van der Waals surface area contributed by atoms with Crippen LogP contribution in [0.1, 0.15) is 11.1 Å². The molecule has 1 aromatic rings. The van der Waals surface area contributed by atoms with Gasteiger partial charge in [0.2, 0.25) is 0 Å². The highest BCUT2D eigenvalue weighted by atomic mass is 16.2. The van der Waals surface area contributed by atoms with Gasteiger partial charge in [0.1, 0.15) is 0 Å². The van der Waals surface area contributed by atoms with E-state index in [0.717, 1.165) is 11.1 Å². The fourth-order valence-electron chi connectivity index (χ4n) is 1.19. The van der Waals surface area contributed by atoms with E-state index in [1.165, 1.54) is 0 Å². The van der Waals surface area contributed by atoms with Crippen molar-refractivity contribution in [1.29, 1.82) is 0 Å². The van der Waals surface area contributed by atoms with Crippen molar-refractivity contribution < 1.29 is 9.59 Å². The van der Waals surface area contributed by atoms with Crippen molar-refractivity contribution in [2.75, 3.05) is 5.32 Å². The van der Waals surface area contributed by atoms with Crippen molar-refractivity contribution in [1.82, 2.24) is 0 Å². The van der Waals surface area contributed by atoms with E-state index in [1.54, 1.807) is 0 Å². The van der Waals surface area contributed by atoms with Crippen LogP contribution in [0.3, 0.4) is 0 Å². The van der Waals surface area contributed by atoms with E-state index in [4.69, 9.17) is 5.73 Å². The second kappa shape index (κ2) is 3.91. The van der Waals surface area contributed by atoms with Crippen LogP contribution < -0.4 is 11.1 Å². The maximum absolute atomic E-state index is 11.0. The van der Waals surface area contributed by atoms with Gasteiger partial charge in [-0.25, -0.2) is 0 Å². The van der Waals surface area contributed by atoms with E-state index in [1.807, 2.05) is 32.0 Å². The summed E-state index contributed by atoms with van der Waals surface area (Å²) in [7, 11) is 0. The lowest BCUT2D eigenvalue weighted by Gasteiger charge is -2.09. The van der Waals surface area contributed by atoms with Gasteiger partial charge in [-0.2, -0.15) is 0 Å². The molecule has 0 aliphatic rings. The topological polar surface area (TPSA) is 72.2 Å². The molecule has 74 valence electrons. The summed E-state index contributed by atoms with van der Waals surface area (Å²) in [5.41, 5.74) is 7.29. The average Bonchev–Trinajstić information content (AvgIpc) is 2.11. The number of nitrogens with one attached hydrogen (secondary N) is 1. The van der Waals surface area contributed by atoms with Gasteiger partial charge in [0, 0.05) is 5.69 Å². The van der Waals surface area contributed by atoms with Gasteiger partial charge in [0.25, 0.3) is 0 Å². The third-order valence-electron chi connectivity index (χ3n) is 1.94. The SMILES string of the molecule is Cc1cccc(C)c1NC(=O)C(N)=O. The summed E-state index contributed by atoms with van der Waals surface area (Å²) < 4.78 is 0. The molecule has 0 bridgehead atoms. The highest BCUT2D eigenvalue weighted by molar-refractivity contribution is 6.39. The Balaban J connectivity index is 2.97. The molecular weight excluding hydrogens is 180 g/mol. The first kappa shape index (κ1) is 10.2. The van der Waals surface area contributed by atoms with E-state index in [2.05, 4.69) is 5.32 Å². The van der Waals surface area contributed by atoms with Crippen molar-refractivity contribution in [2.45, 2.75) is 13.8 Å². The molecule has 4 heteroatoms. The van der Waals surface area contributed by atoms with Gasteiger partial charge in [0.15, 0.2) is 0 Å². The van der Waals surface area contributed by atoms with E-state index in [0.29, 0.717) is 5.69 Å². The zero-order chi connectivity index (χ0) is 10.7. The number of carbonyl (C=O) groups is 2. The Hall–Kier alpha value is -1.84. The number of carbonyl (C=O) groups excluding carboxylic acids is 2. The molecular formula is C10H12N2O2. The lowest BCUT2D eigenvalue weighted by molar-refractivity contribution is -0.134. The lowest BCUT2D eigenvalue weighted by atomic mass is 10.1. The molecule has 0 aromatic heterocycles. The van der Waals surface area contributed by atoms with Gasteiger partial charge in [-0.3, -0.25) is 9.59 Å². The molecule has 0 radical (unpaired) electrons. The monoisotopic (exact) mass is 192 g/mol. The maximum Gasteiger partial charge on any atom is 0.313 e. The normalized spacial score (nSPS) is 9.57. The van der Waals surface area contributed by atoms with Crippen LogP contribution >= 0.6 is 0 Å². The summed E-state index contributed by atoms with van der Waals surface area (Å²) >= 11 is 0. The predicted molar refractivity (Wildman–Crippen MR) is 53.7 cm³/mol. The number of amides is 2. The number of rotatable bonds is 1. The molecule has 4 nitrogen and oxygen atoms in total. The van der Waals surface area contributed by atoms with Crippen molar-refractivity contribution >= 4 is 17.5 Å². The Bertz CT molecular complexity index is 365. The summed E-state index contributed by atoms with van der Waals surface area (Å²) in [5, 5.41) is 2.46. The molecule has 2 amide bonds. The summed E-state index contributed by atoms with van der Waals surface area (Å²) in [5.74, 6) is -1.77. The molecule has 14 heavy (non-hydrogen) atoms. The molecule has 0 saturated carbocycles. The number of nitrogens with two attached hydrogens (primary N) is 1. The molecule has 1 rings (SSSR count). The van der Waals surface area contributed by atoms with Gasteiger partial charge in [-0.15, -0.1) is 0 Å². The standard InChI is InChI=1S/C10H12N2O2/c1-6-4-3-5-7(2)8(6)12-10(14)9(11)13/h3-5H,1-2H3,(H2,11,13)(H,12,14). The molecule has 0 heterocycles. The minimum Gasteiger partial charge on any atom is -0.361 e. The summed E-state index contributed by atoms with van der Waals surface area (Å²) in [6.45, 7) is 3.70. The molecule has 1 aromatic carbocycles. The van der Waals surface area contributed by atoms with E-state index < -0.39 is 11.8 Å². The minimum absolute atomic E-state index is 0.649. The second-order valence-corrected chi connectivity index (χ2v) is 3.09. The third-order valence-corrected chi connectivity index (χ3v) is 1.94. The van der Waals surface area contributed by atoms with E-state index in [9.17, 15) is 9.59 Å². The largest absolute Gasteiger partial charge is 0.361 e. The van der Waals surface area contributed by atoms with Crippen LogP contribution in [0.15, 0.2) is 18.2 Å². The Morgan fingerprint density at radius 2 is 1.71 bits per heavy atom. The Kier molecular flexibility index (Phi) is 2.86. The van der Waals surface area contributed by atoms with Gasteiger partial charge in [-0.1, -0.05) is 18.2 Å². The van der Waals surface area contributed by atoms with Gasteiger partial charge in [0.05, 0.1) is 0 Å². The third kappa shape index (κ3) is 2.10. The van der Waals surface area contributed by atoms with Gasteiger partial charge >= 0.3 is 11.8 Å². The number of hydrogen-bond acceptors (Lipinski definition) is 2. The smallest absolute Gasteiger partial charge is 0.313 e. The first-order chi connectivity index (χ1) is 6.52. The van der Waals surface area contributed by atoms with Crippen LogP contribution in [0.2, 0.25) is 0 Å². The van der Waals surface area contributed by atoms with Crippen molar-refractivity contribution in [3.8, 4) is 0 Å². The highest BCUT2D eigenvalue weighted by Crippen LogP contribution is 2.18. The molecule has 0 saturated heterocycles. The lowest BCUT2D eigenvalue weighted by Crippen LogP contribution is -2.30. The number of primary amides is 1. The molecule has 0 fully saturated rings. The number of aryl methyl sites for hydroxylation is 2. The van der Waals surface area contributed by atoms with Gasteiger partial charge < -0.3 is 11.1 Å². The highest BCUT2D eigenvalue weighted by Gasteiger charge is 2.11. The van der Waals surface area contributed by atoms with Crippen molar-refractivity contribution in [3.63, 3.8) is 0 Å². The van der Waals surface area contributed by atoms with E-state index >= 15 is 0 Å². The Morgan fingerprint density at radius 3 is 2.14 bits per heavy atom. The summed E-state index contributed by atoms with van der Waals surface area (Å²) in [6.07, 6.45) is 0. The number of para-hydroxylation sites is 1. The van der Waals surface area contributed by atoms with E-state index in [-0.39, 0.29) is 0 Å². The fourth-order valence-corrected chi connectivity index (χ4v) is 1.19. The average molecular weight is 192 g/mol. The zero-order valence-corrected chi connectivity index (χ0v) is 8.13. The van der Waals surface area contributed by atoms with Crippen LogP contribution in [0.4, 0.5) is 5.69 Å². The van der Waals surface area contributed by atoms with Crippen LogP contribution in [0, 0.1) is 13.8 Å². The molecule has 0 unspecified atom stereocenters. The van der Waals surface area contributed by atoms with Crippen molar-refractivity contribution in [2.24, 2.45) is 5.73 Å². The number of benzene rings is 1. The van der Waals surface area contributed by atoms with Gasteiger partial charge in [-0.05, 0) is 25.0 Å². The predicted octanol–water partition coefficient (Wildman–Crippen LogP) is 0.727. The first-order valence-corrected chi connectivity index (χ1v) is 4.19. The van der Waals surface area contributed by atoms with Crippen LogP contribution in [0.5, 0.6) is 0 Å². The van der Waals surface area contributed by atoms with Crippen LogP contribution in [0.25, 0.3) is 0 Å². The molecule has 0 atom stereocenters. The second-order valence-electron chi connectivity index (χ2n) is 3.09.